The van der Waals surface area contributed by atoms with Crippen molar-refractivity contribution in [2.75, 3.05) is 13.2 Å². The summed E-state index contributed by atoms with van der Waals surface area (Å²) in [6, 6.07) is 16.0. The smallest absolute Gasteiger partial charge is 0.164 e. The van der Waals surface area contributed by atoms with E-state index in [9.17, 15) is 9.90 Å². The minimum Gasteiger partial charge on any atom is -0.493 e. The van der Waals surface area contributed by atoms with Gasteiger partial charge in [-0.05, 0) is 36.1 Å². The van der Waals surface area contributed by atoms with Gasteiger partial charge in [0, 0.05) is 37.5 Å². The summed E-state index contributed by atoms with van der Waals surface area (Å²) in [5, 5.41) is 10.1. The van der Waals surface area contributed by atoms with Crippen molar-refractivity contribution in [1.82, 2.24) is 4.90 Å². The van der Waals surface area contributed by atoms with Crippen LogP contribution in [0.1, 0.15) is 53.6 Å². The van der Waals surface area contributed by atoms with Gasteiger partial charge < -0.3 is 9.84 Å². The minimum atomic E-state index is -0.261. The number of carbonyl (C=O) groups is 1. The van der Waals surface area contributed by atoms with Gasteiger partial charge in [-0.25, -0.2) is 0 Å². The predicted octanol–water partition coefficient (Wildman–Crippen LogP) is 4.21. The van der Waals surface area contributed by atoms with Crippen molar-refractivity contribution in [2.45, 2.75) is 51.3 Å². The normalized spacial score (nSPS) is 22.0. The number of benzene rings is 2. The molecule has 0 unspecified atom stereocenters. The molecule has 28 heavy (non-hydrogen) atoms. The molecule has 1 heterocycles. The number of carbonyl (C=O) groups excluding carboxylic acids is 1. The van der Waals surface area contributed by atoms with Crippen LogP contribution in [-0.4, -0.2) is 35.0 Å². The summed E-state index contributed by atoms with van der Waals surface area (Å²) in [4.78, 5) is 15.0. The van der Waals surface area contributed by atoms with Crippen LogP contribution < -0.4 is 4.74 Å². The van der Waals surface area contributed by atoms with Gasteiger partial charge in [-0.3, -0.25) is 9.69 Å². The number of nitrogens with zero attached hydrogens (tertiary/aromatic N) is 1. The number of fused-ring (bicyclic) bond motifs is 1. The van der Waals surface area contributed by atoms with Crippen LogP contribution in [0.25, 0.3) is 0 Å². The number of rotatable bonds is 7. The Labute approximate surface area is 167 Å². The Kier molecular flexibility index (Phi) is 6.08. The van der Waals surface area contributed by atoms with E-state index in [1.54, 1.807) is 0 Å². The Morgan fingerprint density at radius 2 is 1.79 bits per heavy atom. The molecule has 0 amide bonds. The molecule has 1 fully saturated rings. The fourth-order valence-corrected chi connectivity index (χ4v) is 4.31. The van der Waals surface area contributed by atoms with Gasteiger partial charge in [0.2, 0.25) is 0 Å². The maximum absolute atomic E-state index is 12.7. The predicted molar refractivity (Wildman–Crippen MR) is 109 cm³/mol. The Morgan fingerprint density at radius 3 is 2.54 bits per heavy atom. The van der Waals surface area contributed by atoms with Crippen LogP contribution in [0.3, 0.4) is 0 Å². The fraction of sp³-hybridized carbons (Fsp3) is 0.458. The molecule has 0 saturated heterocycles. The zero-order valence-corrected chi connectivity index (χ0v) is 16.3. The highest BCUT2D eigenvalue weighted by Crippen LogP contribution is 2.26. The number of Topliss-reactive ketones (excluding diaryl/α,β-unsaturated/α-hetero) is 1. The van der Waals surface area contributed by atoms with E-state index in [2.05, 4.69) is 29.2 Å². The van der Waals surface area contributed by atoms with Crippen molar-refractivity contribution in [2.24, 2.45) is 5.92 Å². The molecule has 4 nitrogen and oxygen atoms in total. The van der Waals surface area contributed by atoms with Gasteiger partial charge in [0.1, 0.15) is 5.75 Å². The number of ether oxygens (including phenoxy) is 1. The Hall–Kier alpha value is -2.17. The summed E-state index contributed by atoms with van der Waals surface area (Å²) in [5.41, 5.74) is 3.45. The third-order valence-electron chi connectivity index (χ3n) is 6.05. The van der Waals surface area contributed by atoms with Gasteiger partial charge in [-0.1, -0.05) is 49.2 Å². The van der Waals surface area contributed by atoms with Gasteiger partial charge in [0.05, 0.1) is 12.7 Å². The molecule has 0 spiro atoms. The monoisotopic (exact) mass is 379 g/mol. The lowest BCUT2D eigenvalue weighted by molar-refractivity contribution is 0.0422. The molecule has 1 aliphatic carbocycles. The molecule has 0 aromatic heterocycles. The van der Waals surface area contributed by atoms with E-state index in [4.69, 9.17) is 4.74 Å². The summed E-state index contributed by atoms with van der Waals surface area (Å²) in [6.45, 7) is 3.14. The van der Waals surface area contributed by atoms with Gasteiger partial charge in [-0.2, -0.15) is 0 Å². The average Bonchev–Trinajstić information content (AvgIpc) is 3.15. The van der Waals surface area contributed by atoms with Crippen molar-refractivity contribution in [1.29, 1.82) is 0 Å². The van der Waals surface area contributed by atoms with Crippen LogP contribution in [0.5, 0.6) is 5.75 Å². The van der Waals surface area contributed by atoms with E-state index < -0.39 is 0 Å². The fourth-order valence-electron chi connectivity index (χ4n) is 4.31. The summed E-state index contributed by atoms with van der Waals surface area (Å²) in [5.74, 6) is 1.07. The molecular weight excluding hydrogens is 350 g/mol. The lowest BCUT2D eigenvalue weighted by Crippen LogP contribution is -2.29. The van der Waals surface area contributed by atoms with Crippen LogP contribution in [0.2, 0.25) is 0 Å². The maximum Gasteiger partial charge on any atom is 0.164 e. The molecule has 2 aromatic rings. The Balaban J connectivity index is 1.28. The quantitative estimate of drug-likeness (QED) is 0.733. The zero-order chi connectivity index (χ0) is 19.3. The highest BCUT2D eigenvalue weighted by Gasteiger charge is 2.24. The number of hydrogen-bond donors (Lipinski definition) is 1. The van der Waals surface area contributed by atoms with Crippen LogP contribution in [-0.2, 0) is 13.1 Å². The molecular formula is C24H29NO3. The molecule has 4 rings (SSSR count). The van der Waals surface area contributed by atoms with Crippen LogP contribution in [0.4, 0.5) is 0 Å². The topological polar surface area (TPSA) is 49.8 Å². The van der Waals surface area contributed by atoms with Gasteiger partial charge in [-0.15, -0.1) is 0 Å². The molecule has 2 aromatic carbocycles. The van der Waals surface area contributed by atoms with Crippen LogP contribution in [0, 0.1) is 5.92 Å². The highest BCUT2D eigenvalue weighted by atomic mass is 16.5. The molecule has 1 N–H and O–H groups in total. The van der Waals surface area contributed by atoms with Crippen molar-refractivity contribution >= 4 is 5.78 Å². The van der Waals surface area contributed by atoms with Crippen molar-refractivity contribution in [3.8, 4) is 5.75 Å². The van der Waals surface area contributed by atoms with E-state index in [1.165, 1.54) is 11.1 Å². The van der Waals surface area contributed by atoms with Gasteiger partial charge in [0.15, 0.2) is 5.78 Å². The summed E-state index contributed by atoms with van der Waals surface area (Å²) in [6.07, 6.45) is 4.39. The third kappa shape index (κ3) is 4.62. The van der Waals surface area contributed by atoms with Crippen molar-refractivity contribution in [3.63, 3.8) is 0 Å². The van der Waals surface area contributed by atoms with E-state index in [0.29, 0.717) is 18.6 Å². The first-order valence-corrected chi connectivity index (χ1v) is 10.4. The molecule has 4 heteroatoms. The molecule has 1 saturated carbocycles. The lowest BCUT2D eigenvalue weighted by atomic mass is 9.87. The Bertz CT molecular complexity index is 794. The Morgan fingerprint density at radius 1 is 1.04 bits per heavy atom. The number of aliphatic hydroxyl groups excluding tert-OH is 1. The van der Waals surface area contributed by atoms with Gasteiger partial charge in [0.25, 0.3) is 0 Å². The average molecular weight is 380 g/mol. The van der Waals surface area contributed by atoms with E-state index in [0.717, 1.165) is 51.1 Å². The van der Waals surface area contributed by atoms with E-state index in [-0.39, 0.29) is 17.8 Å². The third-order valence-corrected chi connectivity index (χ3v) is 6.05. The molecule has 2 aliphatic rings. The summed E-state index contributed by atoms with van der Waals surface area (Å²) < 4.78 is 5.90. The first kappa shape index (κ1) is 19.2. The van der Waals surface area contributed by atoms with Crippen molar-refractivity contribution < 1.29 is 14.6 Å². The number of aliphatic hydroxyl groups is 1. The molecule has 0 bridgehead atoms. The largest absolute Gasteiger partial charge is 0.493 e. The van der Waals surface area contributed by atoms with Crippen LogP contribution >= 0.6 is 0 Å². The summed E-state index contributed by atoms with van der Waals surface area (Å²) >= 11 is 0. The zero-order valence-electron chi connectivity index (χ0n) is 16.3. The van der Waals surface area contributed by atoms with E-state index >= 15 is 0 Å². The second-order valence-electron chi connectivity index (χ2n) is 8.10. The first-order valence-electron chi connectivity index (χ1n) is 10.4. The SMILES string of the molecule is O=C(CCN1Cc2ccccc2C1)c1cccc(OC[C@@H]2CCCC[C@@H]2O)c1. The maximum atomic E-state index is 12.7. The number of ketones is 1. The van der Waals surface area contributed by atoms with E-state index in [1.807, 2.05) is 24.3 Å². The molecule has 2 atom stereocenters. The second kappa shape index (κ2) is 8.89. The van der Waals surface area contributed by atoms with Crippen LogP contribution in [0.15, 0.2) is 48.5 Å². The standard InChI is InChI=1S/C24H29NO3/c26-23-11-4-3-8-21(23)17-28-22-10-5-9-18(14-22)24(27)12-13-25-15-19-6-1-2-7-20(19)16-25/h1-2,5-7,9-10,14,21,23,26H,3-4,8,11-13,15-17H2/t21-,23-/m0/s1. The molecule has 148 valence electrons. The van der Waals surface area contributed by atoms with Gasteiger partial charge >= 0.3 is 0 Å². The minimum absolute atomic E-state index is 0.152. The second-order valence-corrected chi connectivity index (χ2v) is 8.10. The molecule has 1 aliphatic heterocycles. The first-order chi connectivity index (χ1) is 13.7. The lowest BCUT2D eigenvalue weighted by Gasteiger charge is -2.27. The number of hydrogen-bond acceptors (Lipinski definition) is 4. The highest BCUT2D eigenvalue weighted by molar-refractivity contribution is 5.96. The molecule has 0 radical (unpaired) electrons. The van der Waals surface area contributed by atoms with Crippen molar-refractivity contribution in [3.05, 3.63) is 65.2 Å². The summed E-state index contributed by atoms with van der Waals surface area (Å²) in [7, 11) is 0.